The second-order valence-electron chi connectivity index (χ2n) is 3.06. The van der Waals surface area contributed by atoms with Gasteiger partial charge in [0.1, 0.15) is 6.04 Å². The second kappa shape index (κ2) is 4.01. The van der Waals surface area contributed by atoms with Crippen molar-refractivity contribution in [3.05, 3.63) is 28.2 Å². The summed E-state index contributed by atoms with van der Waals surface area (Å²) < 4.78 is 1.11. The minimum atomic E-state index is -0.886. The van der Waals surface area contributed by atoms with Crippen LogP contribution < -0.4 is 17.0 Å². The molecule has 0 aliphatic heterocycles. The summed E-state index contributed by atoms with van der Waals surface area (Å²) in [6.07, 6.45) is 1.52. The van der Waals surface area contributed by atoms with E-state index in [2.05, 4.69) is 5.10 Å². The van der Waals surface area contributed by atoms with Gasteiger partial charge in [0, 0.05) is 6.07 Å². The maximum absolute atomic E-state index is 11.3. The summed E-state index contributed by atoms with van der Waals surface area (Å²) in [5.41, 5.74) is 10.8. The summed E-state index contributed by atoms with van der Waals surface area (Å²) in [5, 5.41) is 3.82. The minimum absolute atomic E-state index is 0.00838. The highest BCUT2D eigenvalue weighted by Crippen LogP contribution is 1.88. The minimum Gasteiger partial charge on any atom is -0.368 e. The molecule has 76 valence electrons. The second-order valence-corrected chi connectivity index (χ2v) is 3.06. The third kappa shape index (κ3) is 2.40. The summed E-state index contributed by atoms with van der Waals surface area (Å²) in [5.74, 6) is -0.653. The van der Waals surface area contributed by atoms with Gasteiger partial charge in [-0.25, -0.2) is 4.68 Å². The van der Waals surface area contributed by atoms with E-state index in [4.69, 9.17) is 11.5 Å². The van der Waals surface area contributed by atoms with E-state index in [9.17, 15) is 9.59 Å². The fraction of sp³-hybridized carbons (Fsp3) is 0.375. The predicted octanol–water partition coefficient (Wildman–Crippen LogP) is -1.64. The first-order valence-electron chi connectivity index (χ1n) is 4.09. The molecular formula is C8H12N4O2. The van der Waals surface area contributed by atoms with E-state index in [1.165, 1.54) is 12.3 Å². The highest BCUT2D eigenvalue weighted by Gasteiger charge is 2.11. The molecule has 0 saturated heterocycles. The molecule has 0 radical (unpaired) electrons. The zero-order valence-electron chi connectivity index (χ0n) is 7.80. The first-order chi connectivity index (χ1) is 6.50. The molecule has 6 heteroatoms. The Kier molecular flexibility index (Phi) is 2.98. The highest BCUT2D eigenvalue weighted by atomic mass is 16.1. The molecule has 1 unspecified atom stereocenters. The van der Waals surface area contributed by atoms with Gasteiger partial charge in [-0.15, -0.1) is 0 Å². The Balaban J connectivity index is 2.88. The number of nitrogens with two attached hydrogens (primary N) is 2. The molecule has 4 N–H and O–H groups in total. The van der Waals surface area contributed by atoms with Crippen LogP contribution in [0, 0.1) is 6.92 Å². The fourth-order valence-corrected chi connectivity index (χ4v) is 0.938. The van der Waals surface area contributed by atoms with Gasteiger partial charge < -0.3 is 11.5 Å². The van der Waals surface area contributed by atoms with Crippen LogP contribution in [-0.2, 0) is 11.3 Å². The summed E-state index contributed by atoms with van der Waals surface area (Å²) >= 11 is 0. The van der Waals surface area contributed by atoms with Crippen LogP contribution in [0.1, 0.15) is 5.56 Å². The maximum Gasteiger partial charge on any atom is 0.267 e. The number of amides is 1. The van der Waals surface area contributed by atoms with Crippen LogP contribution in [0.2, 0.25) is 0 Å². The Morgan fingerprint density at radius 2 is 2.36 bits per heavy atom. The molecule has 1 aromatic heterocycles. The molecule has 6 nitrogen and oxygen atoms in total. The number of primary amides is 1. The van der Waals surface area contributed by atoms with Gasteiger partial charge in [0.05, 0.1) is 12.7 Å². The largest absolute Gasteiger partial charge is 0.368 e. The topological polar surface area (TPSA) is 104 Å². The molecule has 1 rings (SSSR count). The van der Waals surface area contributed by atoms with E-state index in [0.717, 1.165) is 10.2 Å². The number of aryl methyl sites for hydroxylation is 1. The lowest BCUT2D eigenvalue weighted by Crippen LogP contribution is -2.42. The van der Waals surface area contributed by atoms with Crippen LogP contribution in [-0.4, -0.2) is 21.7 Å². The highest BCUT2D eigenvalue weighted by molar-refractivity contribution is 5.79. The van der Waals surface area contributed by atoms with Gasteiger partial charge in [0.2, 0.25) is 5.91 Å². The molecule has 1 heterocycles. The zero-order chi connectivity index (χ0) is 10.7. The third-order valence-corrected chi connectivity index (χ3v) is 1.74. The number of hydrogen-bond donors (Lipinski definition) is 2. The number of hydrogen-bond acceptors (Lipinski definition) is 4. The Morgan fingerprint density at radius 1 is 1.71 bits per heavy atom. The van der Waals surface area contributed by atoms with Crippen LogP contribution in [0.15, 0.2) is 17.1 Å². The quantitative estimate of drug-likeness (QED) is 0.605. The van der Waals surface area contributed by atoms with Crippen LogP contribution in [0.3, 0.4) is 0 Å². The van der Waals surface area contributed by atoms with Crippen molar-refractivity contribution in [2.45, 2.75) is 19.5 Å². The van der Waals surface area contributed by atoms with E-state index in [1.54, 1.807) is 6.92 Å². The Bertz CT molecular complexity index is 399. The number of aromatic nitrogens is 2. The van der Waals surface area contributed by atoms with Gasteiger partial charge in [-0.1, -0.05) is 0 Å². The van der Waals surface area contributed by atoms with Gasteiger partial charge in [-0.05, 0) is 12.5 Å². The average molecular weight is 196 g/mol. The van der Waals surface area contributed by atoms with Crippen LogP contribution >= 0.6 is 0 Å². The van der Waals surface area contributed by atoms with Crippen molar-refractivity contribution in [3.8, 4) is 0 Å². The molecular weight excluding hydrogens is 184 g/mol. The number of carbonyl (C=O) groups is 1. The fourth-order valence-electron chi connectivity index (χ4n) is 0.938. The molecule has 0 fully saturated rings. The Hall–Kier alpha value is -1.69. The van der Waals surface area contributed by atoms with Crippen molar-refractivity contribution in [1.29, 1.82) is 0 Å². The van der Waals surface area contributed by atoms with Gasteiger partial charge >= 0.3 is 0 Å². The first-order valence-corrected chi connectivity index (χ1v) is 4.09. The van der Waals surface area contributed by atoms with Crippen molar-refractivity contribution in [2.24, 2.45) is 11.5 Å². The van der Waals surface area contributed by atoms with Crippen LogP contribution in [0.4, 0.5) is 0 Å². The van der Waals surface area contributed by atoms with E-state index in [0.29, 0.717) is 0 Å². The lowest BCUT2D eigenvalue weighted by Gasteiger charge is -2.08. The molecule has 0 aromatic carbocycles. The standard InChI is InChI=1S/C8H12N4O2/c1-5-2-7(13)12(11-3-5)4-6(9)8(10)14/h2-3,6H,4,9H2,1H3,(H2,10,14). The Labute approximate surface area is 80.5 Å². The maximum atomic E-state index is 11.3. The molecule has 1 amide bonds. The smallest absolute Gasteiger partial charge is 0.267 e. The van der Waals surface area contributed by atoms with E-state index >= 15 is 0 Å². The van der Waals surface area contributed by atoms with Crippen molar-refractivity contribution in [2.75, 3.05) is 0 Å². The van der Waals surface area contributed by atoms with Crippen LogP contribution in [0.5, 0.6) is 0 Å². The summed E-state index contributed by atoms with van der Waals surface area (Å²) in [4.78, 5) is 21.9. The van der Waals surface area contributed by atoms with Crippen molar-refractivity contribution in [3.63, 3.8) is 0 Å². The Morgan fingerprint density at radius 3 is 2.86 bits per heavy atom. The lowest BCUT2D eigenvalue weighted by molar-refractivity contribution is -0.119. The molecule has 0 aliphatic carbocycles. The van der Waals surface area contributed by atoms with Crippen molar-refractivity contribution in [1.82, 2.24) is 9.78 Å². The molecule has 0 spiro atoms. The van der Waals surface area contributed by atoms with E-state index < -0.39 is 11.9 Å². The average Bonchev–Trinajstić information content (AvgIpc) is 2.09. The van der Waals surface area contributed by atoms with Gasteiger partial charge in [0.25, 0.3) is 5.56 Å². The monoisotopic (exact) mass is 196 g/mol. The lowest BCUT2D eigenvalue weighted by atomic mass is 10.3. The van der Waals surface area contributed by atoms with Gasteiger partial charge in [-0.3, -0.25) is 9.59 Å². The van der Waals surface area contributed by atoms with Gasteiger partial charge in [-0.2, -0.15) is 5.10 Å². The number of rotatable bonds is 3. The van der Waals surface area contributed by atoms with Gasteiger partial charge in [0.15, 0.2) is 0 Å². The van der Waals surface area contributed by atoms with Crippen LogP contribution in [0.25, 0.3) is 0 Å². The summed E-state index contributed by atoms with van der Waals surface area (Å²) in [7, 11) is 0. The number of carbonyl (C=O) groups excluding carboxylic acids is 1. The third-order valence-electron chi connectivity index (χ3n) is 1.74. The van der Waals surface area contributed by atoms with E-state index in [-0.39, 0.29) is 12.1 Å². The van der Waals surface area contributed by atoms with Crippen molar-refractivity contribution < 1.29 is 4.79 Å². The number of nitrogens with zero attached hydrogens (tertiary/aromatic N) is 2. The molecule has 0 aliphatic rings. The molecule has 1 aromatic rings. The molecule has 14 heavy (non-hydrogen) atoms. The SMILES string of the molecule is Cc1cnn(CC(N)C(N)=O)c(=O)c1. The van der Waals surface area contributed by atoms with Crippen molar-refractivity contribution >= 4 is 5.91 Å². The normalized spacial score (nSPS) is 12.4. The van der Waals surface area contributed by atoms with E-state index in [1.807, 2.05) is 0 Å². The summed E-state index contributed by atoms with van der Waals surface area (Å²) in [6, 6.07) is 0.531. The molecule has 1 atom stereocenters. The zero-order valence-corrected chi connectivity index (χ0v) is 7.80. The summed E-state index contributed by atoms with van der Waals surface area (Å²) in [6.45, 7) is 1.77. The first kappa shape index (κ1) is 10.4. The molecule has 0 bridgehead atoms. The molecule has 0 saturated carbocycles. The predicted molar refractivity (Wildman–Crippen MR) is 50.4 cm³/mol.